The van der Waals surface area contributed by atoms with Crippen molar-refractivity contribution in [2.75, 3.05) is 20.8 Å². The molecule has 0 atom stereocenters. The second-order valence-electron chi connectivity index (χ2n) is 5.91. The summed E-state index contributed by atoms with van der Waals surface area (Å²) in [5.74, 6) is 1.17. The normalized spacial score (nSPS) is 13.7. The molecule has 1 aliphatic heterocycles. The van der Waals surface area contributed by atoms with Crippen LogP contribution in [0.5, 0.6) is 11.5 Å². The van der Waals surface area contributed by atoms with Crippen molar-refractivity contribution in [2.24, 2.45) is 0 Å². The fourth-order valence-electron chi connectivity index (χ4n) is 3.01. The minimum atomic E-state index is -0.129. The molecule has 0 N–H and O–H groups in total. The number of nitrogens with zero attached hydrogens (tertiary/aromatic N) is 1. The minimum Gasteiger partial charge on any atom is -0.493 e. The van der Waals surface area contributed by atoms with Crippen LogP contribution in [0, 0.1) is 0 Å². The van der Waals surface area contributed by atoms with E-state index >= 15 is 0 Å². The topological polar surface area (TPSA) is 38.8 Å². The molecule has 2 aromatic rings. The summed E-state index contributed by atoms with van der Waals surface area (Å²) in [5.41, 5.74) is 3.44. The van der Waals surface area contributed by atoms with Crippen LogP contribution in [-0.2, 0) is 11.2 Å². The molecule has 26 heavy (non-hydrogen) atoms. The number of ether oxygens (including phenoxy) is 2. The lowest BCUT2D eigenvalue weighted by atomic mass is 9.96. The maximum absolute atomic E-state index is 12.7. The molecule has 2 aromatic carbocycles. The van der Waals surface area contributed by atoms with E-state index in [4.69, 9.17) is 21.1 Å². The van der Waals surface area contributed by atoms with Gasteiger partial charge < -0.3 is 14.4 Å². The second-order valence-corrected chi connectivity index (χ2v) is 6.31. The van der Waals surface area contributed by atoms with E-state index in [-0.39, 0.29) is 5.91 Å². The number of hydrogen-bond donors (Lipinski definition) is 0. The quantitative estimate of drug-likeness (QED) is 0.748. The van der Waals surface area contributed by atoms with Gasteiger partial charge in [0.1, 0.15) is 0 Å². The summed E-state index contributed by atoms with van der Waals surface area (Å²) < 4.78 is 10.7. The molecular weight excluding hydrogens is 350 g/mol. The summed E-state index contributed by atoms with van der Waals surface area (Å²) in [6, 6.07) is 11.2. The average molecular weight is 370 g/mol. The summed E-state index contributed by atoms with van der Waals surface area (Å²) in [6.07, 6.45) is 3.97. The Balaban J connectivity index is 1.84. The summed E-state index contributed by atoms with van der Waals surface area (Å²) in [6.45, 7) is 4.67. The van der Waals surface area contributed by atoms with Crippen LogP contribution < -0.4 is 9.47 Å². The number of fused-ring (bicyclic) bond motifs is 1. The SMILES string of the molecule is C=C1c2cc(OC)c(OC)cc2CCN1C(=O)/C=C/c1ccccc1Cl. The molecule has 4 nitrogen and oxygen atoms in total. The van der Waals surface area contributed by atoms with Crippen molar-refractivity contribution >= 4 is 29.3 Å². The zero-order valence-electron chi connectivity index (χ0n) is 14.8. The zero-order valence-corrected chi connectivity index (χ0v) is 15.5. The van der Waals surface area contributed by atoms with Crippen molar-refractivity contribution in [3.63, 3.8) is 0 Å². The Labute approximate surface area is 158 Å². The highest BCUT2D eigenvalue weighted by atomic mass is 35.5. The lowest BCUT2D eigenvalue weighted by molar-refractivity contribution is -0.123. The first-order valence-corrected chi connectivity index (χ1v) is 8.61. The third-order valence-corrected chi connectivity index (χ3v) is 4.77. The summed E-state index contributed by atoms with van der Waals surface area (Å²) >= 11 is 6.13. The van der Waals surface area contributed by atoms with E-state index in [2.05, 4.69) is 6.58 Å². The van der Waals surface area contributed by atoms with Crippen LogP contribution in [0.1, 0.15) is 16.7 Å². The van der Waals surface area contributed by atoms with Crippen LogP contribution in [-0.4, -0.2) is 31.6 Å². The predicted octanol–water partition coefficient (Wildman–Crippen LogP) is 4.43. The largest absolute Gasteiger partial charge is 0.493 e. The van der Waals surface area contributed by atoms with E-state index in [9.17, 15) is 4.79 Å². The first-order chi connectivity index (χ1) is 12.5. The van der Waals surface area contributed by atoms with E-state index < -0.39 is 0 Å². The highest BCUT2D eigenvalue weighted by Crippen LogP contribution is 2.37. The lowest BCUT2D eigenvalue weighted by Gasteiger charge is -2.30. The van der Waals surface area contributed by atoms with Gasteiger partial charge in [-0.2, -0.15) is 0 Å². The van der Waals surface area contributed by atoms with E-state index in [1.807, 2.05) is 30.3 Å². The first kappa shape index (κ1) is 18.1. The molecule has 0 bridgehead atoms. The molecule has 0 spiro atoms. The van der Waals surface area contributed by atoms with Gasteiger partial charge in [-0.1, -0.05) is 36.4 Å². The molecular formula is C21H20ClNO3. The van der Waals surface area contributed by atoms with Crippen LogP contribution in [0.4, 0.5) is 0 Å². The minimum absolute atomic E-state index is 0.129. The Morgan fingerprint density at radius 1 is 1.19 bits per heavy atom. The van der Waals surface area contributed by atoms with Crippen molar-refractivity contribution in [2.45, 2.75) is 6.42 Å². The van der Waals surface area contributed by atoms with Gasteiger partial charge in [0.2, 0.25) is 0 Å². The molecule has 1 amide bonds. The molecule has 0 aromatic heterocycles. The number of halogens is 1. The van der Waals surface area contributed by atoms with Gasteiger partial charge in [-0.15, -0.1) is 0 Å². The van der Waals surface area contributed by atoms with Gasteiger partial charge in [0.05, 0.1) is 14.2 Å². The number of amides is 1. The first-order valence-electron chi connectivity index (χ1n) is 8.23. The molecule has 0 aliphatic carbocycles. The summed E-state index contributed by atoms with van der Waals surface area (Å²) in [7, 11) is 3.20. The predicted molar refractivity (Wildman–Crippen MR) is 104 cm³/mol. The van der Waals surface area contributed by atoms with E-state index in [1.54, 1.807) is 31.3 Å². The maximum atomic E-state index is 12.7. The van der Waals surface area contributed by atoms with Gasteiger partial charge in [0.25, 0.3) is 5.91 Å². The van der Waals surface area contributed by atoms with Crippen molar-refractivity contribution in [1.82, 2.24) is 4.90 Å². The third kappa shape index (κ3) is 3.46. The fraction of sp³-hybridized carbons (Fsp3) is 0.190. The molecule has 134 valence electrons. The molecule has 3 rings (SSSR count). The standard InChI is InChI=1S/C21H20ClNO3/c1-14-17-13-20(26-3)19(25-2)12-16(17)10-11-23(14)21(24)9-8-15-6-4-5-7-18(15)22/h4-9,12-13H,1,10-11H2,2-3H3/b9-8+. The smallest absolute Gasteiger partial charge is 0.251 e. The van der Waals surface area contributed by atoms with Gasteiger partial charge in [-0.3, -0.25) is 4.79 Å². The number of rotatable bonds is 4. The van der Waals surface area contributed by atoms with Gasteiger partial charge >= 0.3 is 0 Å². The second kappa shape index (κ2) is 7.67. The number of hydrogen-bond acceptors (Lipinski definition) is 3. The van der Waals surface area contributed by atoms with Crippen molar-refractivity contribution in [3.8, 4) is 11.5 Å². The zero-order chi connectivity index (χ0) is 18.7. The van der Waals surface area contributed by atoms with Crippen LogP contribution in [0.15, 0.2) is 49.1 Å². The summed E-state index contributed by atoms with van der Waals surface area (Å²) in [4.78, 5) is 14.3. The summed E-state index contributed by atoms with van der Waals surface area (Å²) in [5, 5.41) is 0.608. The molecule has 1 aliphatic rings. The van der Waals surface area contributed by atoms with Crippen molar-refractivity contribution in [1.29, 1.82) is 0 Å². The van der Waals surface area contributed by atoms with Crippen LogP contribution >= 0.6 is 11.6 Å². The highest BCUT2D eigenvalue weighted by molar-refractivity contribution is 6.32. The molecule has 0 radical (unpaired) electrons. The van der Waals surface area contributed by atoms with E-state index in [1.165, 1.54) is 6.08 Å². The van der Waals surface area contributed by atoms with Gasteiger partial charge in [0.15, 0.2) is 11.5 Å². The third-order valence-electron chi connectivity index (χ3n) is 4.43. The Hall–Kier alpha value is -2.72. The van der Waals surface area contributed by atoms with Crippen molar-refractivity contribution in [3.05, 3.63) is 70.8 Å². The molecule has 0 unspecified atom stereocenters. The van der Waals surface area contributed by atoms with Gasteiger partial charge in [0, 0.05) is 28.9 Å². The van der Waals surface area contributed by atoms with E-state index in [0.717, 1.165) is 23.1 Å². The molecule has 0 saturated heterocycles. The molecule has 5 heteroatoms. The Morgan fingerprint density at radius 2 is 1.88 bits per heavy atom. The number of carbonyl (C=O) groups is 1. The maximum Gasteiger partial charge on any atom is 0.251 e. The Bertz CT molecular complexity index is 889. The average Bonchev–Trinajstić information content (AvgIpc) is 2.66. The van der Waals surface area contributed by atoms with Gasteiger partial charge in [-0.05, 0) is 41.8 Å². The highest BCUT2D eigenvalue weighted by Gasteiger charge is 2.25. The van der Waals surface area contributed by atoms with Crippen molar-refractivity contribution < 1.29 is 14.3 Å². The lowest BCUT2D eigenvalue weighted by Crippen LogP contribution is -2.33. The van der Waals surface area contributed by atoms with Gasteiger partial charge in [-0.25, -0.2) is 0 Å². The fourth-order valence-corrected chi connectivity index (χ4v) is 3.21. The Kier molecular flexibility index (Phi) is 5.33. The molecule has 0 fully saturated rings. The van der Waals surface area contributed by atoms with Crippen LogP contribution in [0.25, 0.3) is 11.8 Å². The van der Waals surface area contributed by atoms with Crippen LogP contribution in [0.3, 0.4) is 0 Å². The van der Waals surface area contributed by atoms with Crippen LogP contribution in [0.2, 0.25) is 5.02 Å². The number of benzene rings is 2. The number of carbonyl (C=O) groups excluding carboxylic acids is 1. The van der Waals surface area contributed by atoms with E-state index in [0.29, 0.717) is 28.8 Å². The molecule has 0 saturated carbocycles. The Morgan fingerprint density at radius 3 is 2.58 bits per heavy atom. The molecule has 1 heterocycles. The number of methoxy groups -OCH3 is 2. The monoisotopic (exact) mass is 369 g/mol.